The number of hydrogen-bond acceptors (Lipinski definition) is 9. The highest BCUT2D eigenvalue weighted by atomic mass is 32.2. The van der Waals surface area contributed by atoms with Gasteiger partial charge in [-0.2, -0.15) is 9.41 Å². The van der Waals surface area contributed by atoms with Crippen molar-refractivity contribution in [2.45, 2.75) is 11.8 Å². The van der Waals surface area contributed by atoms with Crippen LogP contribution in [0.4, 0.5) is 17.1 Å². The Morgan fingerprint density at radius 2 is 1.61 bits per heavy atom. The van der Waals surface area contributed by atoms with E-state index in [0.717, 1.165) is 6.07 Å². The number of nitrogens with one attached hydrogen (secondary N) is 1. The van der Waals surface area contributed by atoms with Crippen LogP contribution in [0.3, 0.4) is 0 Å². The summed E-state index contributed by atoms with van der Waals surface area (Å²) in [5.74, 6) is 0. The molecule has 0 unspecified atom stereocenters. The summed E-state index contributed by atoms with van der Waals surface area (Å²) >= 11 is 0. The maximum atomic E-state index is 13.1. The molecule has 164 valence electrons. The molecule has 0 bridgehead atoms. The summed E-state index contributed by atoms with van der Waals surface area (Å²) in [6.45, 7) is 2.36. The van der Waals surface area contributed by atoms with Gasteiger partial charge in [0.05, 0.1) is 34.5 Å². The van der Waals surface area contributed by atoms with Crippen LogP contribution in [0.1, 0.15) is 12.5 Å². The van der Waals surface area contributed by atoms with E-state index in [0.29, 0.717) is 11.3 Å². The molecule has 12 nitrogen and oxygen atoms in total. The minimum Gasteiger partial charge on any atom is -0.379 e. The molecule has 2 aromatic carbocycles. The van der Waals surface area contributed by atoms with E-state index < -0.39 is 19.9 Å². The largest absolute Gasteiger partial charge is 0.379 e. The van der Waals surface area contributed by atoms with E-state index in [9.17, 15) is 28.6 Å². The Morgan fingerprint density at radius 3 is 2.19 bits per heavy atom. The molecule has 13 heteroatoms. The van der Waals surface area contributed by atoms with Gasteiger partial charge in [-0.3, -0.25) is 25.7 Å². The predicted molar refractivity (Wildman–Crippen MR) is 112 cm³/mol. The fraction of sp³-hybridized carbons (Fsp3) is 0.278. The number of nitro groups is 2. The monoisotopic (exact) mass is 449 g/mol. The molecule has 0 aromatic heterocycles. The normalized spacial score (nSPS) is 15.5. The first-order valence-electron chi connectivity index (χ1n) is 9.11. The number of non-ortho nitro benzene ring substituents is 2. The number of nitrogens with zero attached hydrogens (tertiary/aromatic N) is 4. The Bertz CT molecular complexity index is 1130. The second-order valence-corrected chi connectivity index (χ2v) is 8.47. The summed E-state index contributed by atoms with van der Waals surface area (Å²) in [6, 6.07) is 9.13. The van der Waals surface area contributed by atoms with Crippen LogP contribution in [0.2, 0.25) is 0 Å². The fourth-order valence-electron chi connectivity index (χ4n) is 2.89. The van der Waals surface area contributed by atoms with E-state index in [-0.39, 0.29) is 48.3 Å². The number of ether oxygens (including phenoxy) is 1. The van der Waals surface area contributed by atoms with Crippen LogP contribution < -0.4 is 5.43 Å². The summed E-state index contributed by atoms with van der Waals surface area (Å²) < 4.78 is 32.6. The highest BCUT2D eigenvalue weighted by Gasteiger charge is 2.30. The lowest BCUT2D eigenvalue weighted by Crippen LogP contribution is -2.40. The second kappa shape index (κ2) is 9.16. The van der Waals surface area contributed by atoms with Crippen LogP contribution in [-0.4, -0.2) is 54.6 Å². The minimum absolute atomic E-state index is 0.0679. The zero-order valence-electron chi connectivity index (χ0n) is 16.4. The SMILES string of the molecule is CC(=NNc1ccc([N+](=O)[O-])cc1S(=O)(=O)N1CCOCC1)c1ccc([N+](=O)[O-])cc1. The van der Waals surface area contributed by atoms with Crippen LogP contribution in [0, 0.1) is 20.2 Å². The van der Waals surface area contributed by atoms with E-state index in [1.165, 1.54) is 40.7 Å². The van der Waals surface area contributed by atoms with Crippen molar-refractivity contribution in [2.75, 3.05) is 31.7 Å². The molecule has 0 amide bonds. The van der Waals surface area contributed by atoms with Gasteiger partial charge in [-0.05, 0) is 30.7 Å². The molecule has 0 atom stereocenters. The summed E-state index contributed by atoms with van der Waals surface area (Å²) in [7, 11) is -4.03. The Balaban J connectivity index is 1.94. The van der Waals surface area contributed by atoms with Gasteiger partial charge >= 0.3 is 0 Å². The Kier molecular flexibility index (Phi) is 6.58. The van der Waals surface area contributed by atoms with Crippen LogP contribution in [0.15, 0.2) is 52.5 Å². The summed E-state index contributed by atoms with van der Waals surface area (Å²) in [5.41, 5.74) is 3.30. The van der Waals surface area contributed by atoms with Crippen molar-refractivity contribution in [1.29, 1.82) is 0 Å². The number of hydrogen-bond donors (Lipinski definition) is 1. The lowest BCUT2D eigenvalue weighted by Gasteiger charge is -2.26. The zero-order valence-corrected chi connectivity index (χ0v) is 17.2. The minimum atomic E-state index is -4.03. The lowest BCUT2D eigenvalue weighted by atomic mass is 10.1. The number of rotatable bonds is 7. The molecule has 31 heavy (non-hydrogen) atoms. The van der Waals surface area contributed by atoms with Crippen molar-refractivity contribution in [1.82, 2.24) is 4.31 Å². The third-order valence-electron chi connectivity index (χ3n) is 4.60. The van der Waals surface area contributed by atoms with E-state index in [1.54, 1.807) is 6.92 Å². The van der Waals surface area contributed by atoms with Crippen LogP contribution in [-0.2, 0) is 14.8 Å². The molecule has 0 spiro atoms. The molecule has 1 aliphatic rings. The fourth-order valence-corrected chi connectivity index (χ4v) is 4.46. The number of nitro benzene ring substituents is 2. The molecule has 0 aliphatic carbocycles. The Hall–Kier alpha value is -3.42. The molecule has 0 radical (unpaired) electrons. The Labute approximate surface area is 177 Å². The van der Waals surface area contributed by atoms with Crippen LogP contribution in [0.25, 0.3) is 0 Å². The molecule has 1 fully saturated rings. The molecule has 1 heterocycles. The first kappa shape index (κ1) is 22.3. The molecule has 1 N–H and O–H groups in total. The maximum Gasteiger partial charge on any atom is 0.270 e. The third-order valence-corrected chi connectivity index (χ3v) is 6.54. The summed E-state index contributed by atoms with van der Waals surface area (Å²) in [5, 5.41) is 26.1. The number of anilines is 1. The molecule has 2 aromatic rings. The van der Waals surface area contributed by atoms with Crippen molar-refractivity contribution in [2.24, 2.45) is 5.10 Å². The molecule has 1 aliphatic heterocycles. The number of sulfonamides is 1. The third kappa shape index (κ3) is 5.02. The van der Waals surface area contributed by atoms with Gasteiger partial charge < -0.3 is 4.74 Å². The summed E-state index contributed by atoms with van der Waals surface area (Å²) in [4.78, 5) is 20.5. The number of morpholine rings is 1. The van der Waals surface area contributed by atoms with Crippen LogP contribution in [0.5, 0.6) is 0 Å². The van der Waals surface area contributed by atoms with E-state index in [2.05, 4.69) is 10.5 Å². The van der Waals surface area contributed by atoms with Crippen molar-refractivity contribution in [3.63, 3.8) is 0 Å². The first-order valence-corrected chi connectivity index (χ1v) is 10.6. The molecule has 3 rings (SSSR count). The zero-order chi connectivity index (χ0) is 22.6. The van der Waals surface area contributed by atoms with Crippen LogP contribution >= 0.6 is 0 Å². The van der Waals surface area contributed by atoms with Gasteiger partial charge in [-0.1, -0.05) is 0 Å². The van der Waals surface area contributed by atoms with Gasteiger partial charge in [0.15, 0.2) is 0 Å². The van der Waals surface area contributed by atoms with E-state index in [1.807, 2.05) is 0 Å². The average molecular weight is 449 g/mol. The maximum absolute atomic E-state index is 13.1. The smallest absolute Gasteiger partial charge is 0.270 e. The first-order chi connectivity index (χ1) is 14.7. The Morgan fingerprint density at radius 1 is 1.03 bits per heavy atom. The summed E-state index contributed by atoms with van der Waals surface area (Å²) in [6.07, 6.45) is 0. The average Bonchev–Trinajstić information content (AvgIpc) is 2.77. The van der Waals surface area contributed by atoms with E-state index >= 15 is 0 Å². The highest BCUT2D eigenvalue weighted by Crippen LogP contribution is 2.29. The predicted octanol–water partition coefficient (Wildman–Crippen LogP) is 2.36. The van der Waals surface area contributed by atoms with E-state index in [4.69, 9.17) is 4.74 Å². The quantitative estimate of drug-likeness (QED) is 0.383. The van der Waals surface area contributed by atoms with Gasteiger partial charge in [0.1, 0.15) is 4.90 Å². The highest BCUT2D eigenvalue weighted by molar-refractivity contribution is 7.89. The topological polar surface area (TPSA) is 157 Å². The van der Waals surface area contributed by atoms with Gasteiger partial charge in [0.25, 0.3) is 11.4 Å². The van der Waals surface area contributed by atoms with Gasteiger partial charge in [0.2, 0.25) is 10.0 Å². The lowest BCUT2D eigenvalue weighted by molar-refractivity contribution is -0.385. The van der Waals surface area contributed by atoms with Crippen molar-refractivity contribution < 1.29 is 23.0 Å². The molecular weight excluding hydrogens is 430 g/mol. The number of hydrazone groups is 1. The van der Waals surface area contributed by atoms with Gasteiger partial charge in [0, 0.05) is 37.4 Å². The van der Waals surface area contributed by atoms with Crippen molar-refractivity contribution >= 4 is 32.8 Å². The van der Waals surface area contributed by atoms with Gasteiger partial charge in [-0.15, -0.1) is 0 Å². The number of benzene rings is 2. The molecular formula is C18H19N5O7S. The van der Waals surface area contributed by atoms with Crippen molar-refractivity contribution in [3.05, 3.63) is 68.3 Å². The second-order valence-electron chi connectivity index (χ2n) is 6.57. The van der Waals surface area contributed by atoms with Gasteiger partial charge in [-0.25, -0.2) is 8.42 Å². The molecule has 0 saturated carbocycles. The molecule has 1 saturated heterocycles. The standard InChI is InChI=1S/C18H19N5O7S/c1-13(14-2-4-15(5-3-14)22(24)25)19-20-17-7-6-16(23(26)27)12-18(17)31(28,29)21-8-10-30-11-9-21/h2-7,12,20H,8-11H2,1H3. The van der Waals surface area contributed by atoms with Crippen molar-refractivity contribution in [3.8, 4) is 0 Å².